The summed E-state index contributed by atoms with van der Waals surface area (Å²) in [5.74, 6) is -0.929. The van der Waals surface area contributed by atoms with Crippen molar-refractivity contribution in [2.45, 2.75) is 31.8 Å². The molecule has 0 aliphatic rings. The minimum atomic E-state index is -3.75. The van der Waals surface area contributed by atoms with Gasteiger partial charge in [0.1, 0.15) is 0 Å². The number of nitrogens with zero attached hydrogens (tertiary/aromatic N) is 3. The molecule has 0 saturated heterocycles. The van der Waals surface area contributed by atoms with E-state index in [9.17, 15) is 18.0 Å². The predicted molar refractivity (Wildman–Crippen MR) is 154 cm³/mol. The second-order valence-electron chi connectivity index (χ2n) is 8.82. The largest absolute Gasteiger partial charge is 0.462 e. The molecular weight excluding hydrogens is 550 g/mol. The second kappa shape index (κ2) is 13.1. The number of ether oxygens (including phenoxy) is 2. The van der Waals surface area contributed by atoms with Crippen LogP contribution in [0.3, 0.4) is 0 Å². The number of amides is 1. The van der Waals surface area contributed by atoms with Crippen molar-refractivity contribution in [2.75, 3.05) is 26.9 Å². The summed E-state index contributed by atoms with van der Waals surface area (Å²) in [5.41, 5.74) is 2.35. The Hall–Kier alpha value is -3.64. The third kappa shape index (κ3) is 6.73. The Morgan fingerprint density at radius 1 is 0.950 bits per heavy atom. The van der Waals surface area contributed by atoms with Crippen molar-refractivity contribution in [1.29, 1.82) is 0 Å². The summed E-state index contributed by atoms with van der Waals surface area (Å²) in [6, 6.07) is 20.3. The van der Waals surface area contributed by atoms with Gasteiger partial charge in [-0.1, -0.05) is 41.7 Å². The number of rotatable bonds is 11. The summed E-state index contributed by atoms with van der Waals surface area (Å²) in [6.07, 6.45) is 0. The van der Waals surface area contributed by atoms with E-state index < -0.39 is 21.9 Å². The summed E-state index contributed by atoms with van der Waals surface area (Å²) in [7, 11) is -2.23. The fraction of sp³-hybridized carbons (Fsp3) is 0.276. The Labute approximate surface area is 237 Å². The van der Waals surface area contributed by atoms with E-state index in [0.29, 0.717) is 30.1 Å². The molecule has 210 valence electrons. The first-order valence-corrected chi connectivity index (χ1v) is 15.1. The van der Waals surface area contributed by atoms with Gasteiger partial charge in [0.2, 0.25) is 10.0 Å². The Balaban J connectivity index is 1.62. The van der Waals surface area contributed by atoms with Crippen LogP contribution in [0.25, 0.3) is 10.2 Å². The van der Waals surface area contributed by atoms with E-state index in [-0.39, 0.29) is 23.6 Å². The summed E-state index contributed by atoms with van der Waals surface area (Å²) < 4.78 is 40.7. The molecule has 0 atom stereocenters. The van der Waals surface area contributed by atoms with Crippen molar-refractivity contribution in [3.8, 4) is 0 Å². The molecule has 0 saturated carbocycles. The molecule has 0 fully saturated rings. The molecule has 11 heteroatoms. The van der Waals surface area contributed by atoms with Crippen molar-refractivity contribution in [3.63, 3.8) is 0 Å². The minimum Gasteiger partial charge on any atom is -0.462 e. The maximum Gasteiger partial charge on any atom is 0.338 e. The Kier molecular flexibility index (Phi) is 9.64. The zero-order valence-corrected chi connectivity index (χ0v) is 24.2. The van der Waals surface area contributed by atoms with Crippen LogP contribution < -0.4 is 4.80 Å². The van der Waals surface area contributed by atoms with Gasteiger partial charge in [-0.15, -0.1) is 0 Å². The van der Waals surface area contributed by atoms with Crippen molar-refractivity contribution < 1.29 is 27.5 Å². The fourth-order valence-corrected chi connectivity index (χ4v) is 6.30. The molecule has 1 amide bonds. The van der Waals surface area contributed by atoms with Gasteiger partial charge in [0.15, 0.2) is 4.80 Å². The van der Waals surface area contributed by atoms with E-state index in [0.717, 1.165) is 15.8 Å². The number of sulfonamides is 1. The maximum atomic E-state index is 13.1. The van der Waals surface area contributed by atoms with Gasteiger partial charge >= 0.3 is 5.97 Å². The van der Waals surface area contributed by atoms with Gasteiger partial charge in [-0.3, -0.25) is 4.79 Å². The summed E-state index contributed by atoms with van der Waals surface area (Å²) in [5, 5.41) is 0. The van der Waals surface area contributed by atoms with Gasteiger partial charge in [-0.25, -0.2) is 13.2 Å². The summed E-state index contributed by atoms with van der Waals surface area (Å²) in [4.78, 5) is 30.2. The molecule has 0 unspecified atom stereocenters. The quantitative estimate of drug-likeness (QED) is 0.191. The topological polar surface area (TPSA) is 107 Å². The van der Waals surface area contributed by atoms with Crippen molar-refractivity contribution >= 4 is 43.5 Å². The molecule has 0 radical (unpaired) electrons. The van der Waals surface area contributed by atoms with Crippen LogP contribution in [0.2, 0.25) is 0 Å². The SMILES string of the molecule is CCOCCn1c(=NC(=O)c2ccc(S(=O)(=O)N(C)Cc3ccccc3)cc2)sc2cc(C(=O)OCC)ccc21. The Morgan fingerprint density at radius 2 is 1.65 bits per heavy atom. The summed E-state index contributed by atoms with van der Waals surface area (Å²) in [6.45, 7) is 5.59. The molecule has 0 N–H and O–H groups in total. The van der Waals surface area contributed by atoms with E-state index in [1.54, 1.807) is 25.1 Å². The van der Waals surface area contributed by atoms with Gasteiger partial charge in [0.25, 0.3) is 5.91 Å². The Morgan fingerprint density at radius 3 is 2.33 bits per heavy atom. The van der Waals surface area contributed by atoms with Crippen LogP contribution in [0.1, 0.15) is 40.1 Å². The molecular formula is C29H31N3O6S2. The van der Waals surface area contributed by atoms with Gasteiger partial charge in [-0.2, -0.15) is 9.30 Å². The van der Waals surface area contributed by atoms with E-state index in [1.807, 2.05) is 41.8 Å². The third-order valence-electron chi connectivity index (χ3n) is 6.11. The normalized spacial score (nSPS) is 12.2. The number of carbonyl (C=O) groups is 2. The lowest BCUT2D eigenvalue weighted by atomic mass is 10.2. The predicted octanol–water partition coefficient (Wildman–Crippen LogP) is 4.48. The molecule has 9 nitrogen and oxygen atoms in total. The van der Waals surface area contributed by atoms with Crippen LogP contribution in [-0.2, 0) is 32.6 Å². The van der Waals surface area contributed by atoms with Crippen LogP contribution in [-0.4, -0.2) is 56.0 Å². The standard InChI is InChI=1S/C29H31N3O6S2/c1-4-37-18-17-32-25-16-13-23(28(34)38-5-2)19-26(25)39-29(32)30-27(33)22-11-14-24(15-12-22)40(35,36)31(3)20-21-9-7-6-8-10-21/h6-16,19H,4-5,17-18,20H2,1-3H3. The minimum absolute atomic E-state index is 0.0858. The molecule has 4 aromatic rings. The lowest BCUT2D eigenvalue weighted by Crippen LogP contribution is -2.26. The Bertz CT molecular complexity index is 1660. The van der Waals surface area contributed by atoms with Crippen LogP contribution in [0, 0.1) is 0 Å². The van der Waals surface area contributed by atoms with E-state index in [2.05, 4.69) is 4.99 Å². The van der Waals surface area contributed by atoms with Crippen LogP contribution in [0.5, 0.6) is 0 Å². The summed E-state index contributed by atoms with van der Waals surface area (Å²) >= 11 is 1.28. The van der Waals surface area contributed by atoms with Crippen LogP contribution in [0.15, 0.2) is 82.7 Å². The molecule has 0 bridgehead atoms. The van der Waals surface area contributed by atoms with Crippen molar-refractivity contribution in [1.82, 2.24) is 8.87 Å². The second-order valence-corrected chi connectivity index (χ2v) is 11.9. The first-order valence-electron chi connectivity index (χ1n) is 12.8. The number of benzene rings is 3. The highest BCUT2D eigenvalue weighted by Crippen LogP contribution is 2.21. The van der Waals surface area contributed by atoms with Crippen LogP contribution >= 0.6 is 11.3 Å². The molecule has 1 aromatic heterocycles. The lowest BCUT2D eigenvalue weighted by molar-refractivity contribution is 0.0526. The highest BCUT2D eigenvalue weighted by molar-refractivity contribution is 7.89. The van der Waals surface area contributed by atoms with E-state index in [4.69, 9.17) is 9.47 Å². The highest BCUT2D eigenvalue weighted by Gasteiger charge is 2.21. The van der Waals surface area contributed by atoms with E-state index in [1.165, 1.54) is 47.0 Å². The van der Waals surface area contributed by atoms with Gasteiger partial charge in [0.05, 0.1) is 33.9 Å². The first kappa shape index (κ1) is 29.3. The monoisotopic (exact) mass is 581 g/mol. The highest BCUT2D eigenvalue weighted by atomic mass is 32.2. The van der Waals surface area contributed by atoms with Crippen molar-refractivity contribution in [2.24, 2.45) is 4.99 Å². The van der Waals surface area contributed by atoms with Gasteiger partial charge in [-0.05, 0) is 61.9 Å². The number of fused-ring (bicyclic) bond motifs is 1. The number of carbonyl (C=O) groups excluding carboxylic acids is 2. The molecule has 0 aliphatic carbocycles. The molecule has 0 spiro atoms. The smallest absolute Gasteiger partial charge is 0.338 e. The number of aromatic nitrogens is 1. The molecule has 3 aromatic carbocycles. The average molecular weight is 582 g/mol. The number of hydrogen-bond donors (Lipinski definition) is 0. The zero-order chi connectivity index (χ0) is 28.7. The first-order chi connectivity index (χ1) is 19.2. The average Bonchev–Trinajstić information content (AvgIpc) is 3.29. The lowest BCUT2D eigenvalue weighted by Gasteiger charge is -2.17. The number of esters is 1. The van der Waals surface area contributed by atoms with Gasteiger partial charge in [0, 0.05) is 32.3 Å². The maximum absolute atomic E-state index is 13.1. The fourth-order valence-electron chi connectivity index (χ4n) is 4.04. The molecule has 40 heavy (non-hydrogen) atoms. The number of thiazole rings is 1. The molecule has 1 heterocycles. The molecule has 0 aliphatic heterocycles. The van der Waals surface area contributed by atoms with Crippen molar-refractivity contribution in [3.05, 3.63) is 94.3 Å². The third-order valence-corrected chi connectivity index (χ3v) is 8.97. The zero-order valence-electron chi connectivity index (χ0n) is 22.6. The van der Waals surface area contributed by atoms with Crippen LogP contribution in [0.4, 0.5) is 0 Å². The molecule has 4 rings (SSSR count). The number of hydrogen-bond acceptors (Lipinski definition) is 7. The van der Waals surface area contributed by atoms with E-state index >= 15 is 0 Å². The van der Waals surface area contributed by atoms with Gasteiger partial charge < -0.3 is 14.0 Å².